The van der Waals surface area contributed by atoms with E-state index in [2.05, 4.69) is 70.1 Å². The zero-order chi connectivity index (χ0) is 102. The highest BCUT2D eigenvalue weighted by molar-refractivity contribution is 6.03. The standard InChI is InChI=1S/C31H26FN5O.C31H27N5O2.C30H24FN5O.C27H23N3O3/c1-19-25-12-11-24-28(26-6-4-5-14-35-26)36-37(30(24)31(25,2)17-27(33-3)29(19)38)23-9-7-20(8-10-23)21-13-15-34-22(16-21)18-32;1-19-25-12-11-24-28(26-6-4-5-14-34-26)35-36(30(24)31(25,2)17-27(32-3)29(19)38)23-9-7-20(8-10-23)21-13-15-33-22(16-21)18-37;1-18-22-11-10-21-27(24-8-4-5-14-34-24)35-36(29(21)30(22,2)16-25(32-3)28(18)37)26-12-9-19(15-23(26)31)20-7-6-13-33-17-20;1-16-21-14-13-20-23(17-7-5-4-6-8-17)29-30(19-11-9-18(10-12-19)26(32)33)25(20)27(21,2)15-22(28-3)24(16)31/h4-10,13-17,19,25H,11-12,18H2,1-2H3;4-10,13-17,19,25,37H,11-12,18H2,1-2H3;4-9,12-18,22H,10-11H2,1-2H3;4-12,15-16,21H,13-14H2,1-2H3,(H,32,33)/t2*19-,25-,31-;18-,22-,30-;16-,21-,27-/m1111/s1. The van der Waals surface area contributed by atoms with Crippen LogP contribution in [-0.2, 0) is 79.8 Å². The minimum absolute atomic E-state index is 0.0252. The van der Waals surface area contributed by atoms with E-state index in [1.54, 1.807) is 90.5 Å². The molecular weight excluding hydrogens is 1830 g/mol. The number of benzene rings is 5. The number of hydrogen-bond donors (Lipinski definition) is 2. The predicted octanol–water partition coefficient (Wildman–Crippen LogP) is 22.7. The van der Waals surface area contributed by atoms with Gasteiger partial charge in [-0.15, -0.1) is 0 Å². The fourth-order valence-corrected chi connectivity index (χ4v) is 24.2. The zero-order valence-corrected chi connectivity index (χ0v) is 81.5. The molecule has 0 bridgehead atoms. The zero-order valence-electron chi connectivity index (χ0n) is 81.5. The lowest BCUT2D eigenvalue weighted by atomic mass is 9.58. The third kappa shape index (κ3) is 16.8. The molecule has 5 aromatic carbocycles. The molecule has 10 aromatic heterocycles. The van der Waals surface area contributed by atoms with Crippen molar-refractivity contribution in [2.45, 2.75) is 142 Å². The number of aliphatic hydroxyl groups is 1. The van der Waals surface area contributed by atoms with E-state index < -0.39 is 40.1 Å². The summed E-state index contributed by atoms with van der Waals surface area (Å²) in [5.74, 6) is -2.62. The van der Waals surface area contributed by atoms with Gasteiger partial charge in [-0.1, -0.05) is 165 Å². The number of hydrogen-bond acceptors (Lipinski definition) is 16. The number of aromatic nitrogens is 14. The molecule has 23 rings (SSSR count). The van der Waals surface area contributed by atoms with Gasteiger partial charge in [0, 0.05) is 122 Å². The molecule has 0 fully saturated rings. The molecule has 10 heterocycles. The Balaban J connectivity index is 0.000000119. The van der Waals surface area contributed by atoms with Gasteiger partial charge in [-0.3, -0.25) is 29.9 Å². The minimum Gasteiger partial charge on any atom is -0.478 e. The molecule has 27 heteroatoms. The highest BCUT2D eigenvalue weighted by Gasteiger charge is 2.56. The van der Waals surface area contributed by atoms with Gasteiger partial charge in [0.05, 0.1) is 112 Å². The molecule has 146 heavy (non-hydrogen) atoms. The number of nitrogens with zero attached hydrogens (tertiary/aromatic N) is 18. The van der Waals surface area contributed by atoms with Crippen LogP contribution in [0.5, 0.6) is 0 Å². The first-order chi connectivity index (χ1) is 70.6. The molecule has 0 saturated carbocycles. The summed E-state index contributed by atoms with van der Waals surface area (Å²) >= 11 is 0. The summed E-state index contributed by atoms with van der Waals surface area (Å²) in [6, 6.07) is 66.3. The van der Waals surface area contributed by atoms with E-state index in [1.807, 2.05) is 237 Å². The van der Waals surface area contributed by atoms with Crippen LogP contribution in [0, 0.1) is 79.4 Å². The van der Waals surface area contributed by atoms with E-state index in [0.717, 1.165) is 174 Å². The van der Waals surface area contributed by atoms with E-state index >= 15 is 4.39 Å². The summed E-state index contributed by atoms with van der Waals surface area (Å²) in [6.45, 7) is 46.0. The molecule has 8 aliphatic rings. The number of alkyl halides is 1. The van der Waals surface area contributed by atoms with Gasteiger partial charge in [0.25, 0.3) is 0 Å². The Hall–Kier alpha value is -17.3. The van der Waals surface area contributed by atoms with Crippen molar-refractivity contribution in [2.75, 3.05) is 0 Å². The third-order valence-corrected chi connectivity index (χ3v) is 31.3. The number of fused-ring (bicyclic) bond motifs is 12. The SMILES string of the molecule is [C-]#[N+]C1=C[C@@]2(C)c3c(c(-c4ccccc4)nn3-c3ccc(C(=O)O)cc3)CC[C@@H]2[C@@H](C)C1=O.[C-]#[N+]C1=C[C@@]2(C)c3c(c(-c4ccccn4)nn3-c3ccc(-c4cccnc4)cc3F)CC[C@@H]2[C@@H](C)C1=O.[C-]#[N+]C1=C[C@@]2(C)c3c(c(-c4ccccn4)nn3-c3ccc(-c4ccnc(CF)c4)cc3)CC[C@@H]2[C@@H](C)C1=O.[C-]#[N+]C1=C[C@@]2(C)c3c(c(-c4ccccn4)nn3-c3ccc(-c4ccnc(CO)c4)cc3)CC[C@@H]2[C@@H](C)C1=O. The molecule has 0 aliphatic heterocycles. The van der Waals surface area contributed by atoms with Crippen molar-refractivity contribution >= 4 is 29.1 Å². The van der Waals surface area contributed by atoms with E-state index in [9.17, 15) is 38.6 Å². The summed E-state index contributed by atoms with van der Waals surface area (Å²) in [4.78, 5) is 103. The number of allylic oxidation sites excluding steroid dienone is 8. The number of halogens is 2. The lowest BCUT2D eigenvalue weighted by Crippen LogP contribution is -2.46. The minimum atomic E-state index is -0.981. The normalized spacial score (nSPS) is 22.7. The lowest BCUT2D eigenvalue weighted by Gasteiger charge is -2.45. The number of aliphatic hydroxyl groups excluding tert-OH is 1. The number of rotatable bonds is 14. The Bertz CT molecular complexity index is 7820. The molecule has 0 radical (unpaired) electrons. The first-order valence-electron chi connectivity index (χ1n) is 48.9. The molecule has 0 amide bonds. The molecule has 12 atom stereocenters. The highest BCUT2D eigenvalue weighted by Crippen LogP contribution is 2.58. The Morgan fingerprint density at radius 2 is 0.719 bits per heavy atom. The van der Waals surface area contributed by atoms with Crippen molar-refractivity contribution in [3.63, 3.8) is 0 Å². The average Bonchev–Trinajstić information content (AvgIpc) is 1.51. The Morgan fingerprint density at radius 3 is 1.08 bits per heavy atom. The van der Waals surface area contributed by atoms with Gasteiger partial charge < -0.3 is 29.4 Å². The summed E-state index contributed by atoms with van der Waals surface area (Å²) in [5.41, 5.74) is 22.6. The van der Waals surface area contributed by atoms with E-state index in [1.165, 1.54) is 6.07 Å². The van der Waals surface area contributed by atoms with E-state index in [0.29, 0.717) is 34.9 Å². The maximum Gasteiger partial charge on any atom is 0.335 e. The number of Topliss-reactive ketones (excluding diaryl/α,β-unsaturated/α-hetero) is 4. The fourth-order valence-electron chi connectivity index (χ4n) is 24.2. The second kappa shape index (κ2) is 38.9. The monoisotopic (exact) mass is 1930 g/mol. The van der Waals surface area contributed by atoms with Gasteiger partial charge in [0.2, 0.25) is 22.8 Å². The smallest absolute Gasteiger partial charge is 0.335 e. The molecule has 0 spiro atoms. The number of carboxylic acids is 1. The van der Waals surface area contributed by atoms with Crippen molar-refractivity contribution in [2.24, 2.45) is 47.3 Å². The van der Waals surface area contributed by atoms with Crippen LogP contribution in [0.2, 0.25) is 0 Å². The van der Waals surface area contributed by atoms with Gasteiger partial charge in [0.15, 0.2) is 23.1 Å². The quantitative estimate of drug-likeness (QED) is 0.0956. The average molecular weight is 1930 g/mol. The first kappa shape index (κ1) is 96.2. The summed E-state index contributed by atoms with van der Waals surface area (Å²) in [7, 11) is 0. The topological polar surface area (TPSA) is 292 Å². The predicted molar refractivity (Wildman–Crippen MR) is 549 cm³/mol. The summed E-state index contributed by atoms with van der Waals surface area (Å²) < 4.78 is 36.5. The number of aromatic carboxylic acids is 1. The van der Waals surface area contributed by atoms with Gasteiger partial charge >= 0.3 is 5.97 Å². The molecule has 25 nitrogen and oxygen atoms in total. The van der Waals surface area contributed by atoms with Gasteiger partial charge in [-0.25, -0.2) is 51.7 Å². The van der Waals surface area contributed by atoms with Crippen LogP contribution in [-0.4, -0.2) is 108 Å². The maximum atomic E-state index is 15.8. The van der Waals surface area contributed by atoms with Crippen LogP contribution < -0.4 is 0 Å². The van der Waals surface area contributed by atoms with Gasteiger partial charge in [-0.2, -0.15) is 20.4 Å². The van der Waals surface area contributed by atoms with Crippen molar-refractivity contribution < 1.29 is 43.0 Å². The summed E-state index contributed by atoms with van der Waals surface area (Å²) in [6.07, 6.45) is 25.7. The Kier molecular flexibility index (Phi) is 25.6. The van der Waals surface area contributed by atoms with Crippen LogP contribution in [0.15, 0.2) is 303 Å². The van der Waals surface area contributed by atoms with Crippen molar-refractivity contribution in [3.05, 3.63) is 416 Å². The van der Waals surface area contributed by atoms with Crippen molar-refractivity contribution in [1.29, 1.82) is 0 Å². The van der Waals surface area contributed by atoms with Crippen LogP contribution in [0.25, 0.3) is 121 Å². The number of carbonyl (C=O) groups is 5. The number of carboxylic acid groups (broad SMARTS) is 1. The fraction of sp³-hybridized carbons (Fsp3) is 0.252. The van der Waals surface area contributed by atoms with Crippen LogP contribution >= 0.6 is 0 Å². The number of pyridine rings is 6. The Labute approximate surface area is 842 Å². The highest BCUT2D eigenvalue weighted by atomic mass is 19.1. The van der Waals surface area contributed by atoms with Gasteiger partial charge in [-0.05, 0) is 230 Å². The van der Waals surface area contributed by atoms with Crippen LogP contribution in [0.4, 0.5) is 8.78 Å². The molecule has 0 saturated heterocycles. The first-order valence-corrected chi connectivity index (χ1v) is 48.9. The number of carbonyl (C=O) groups excluding carboxylic acids is 4. The molecule has 2 N–H and O–H groups in total. The summed E-state index contributed by atoms with van der Waals surface area (Å²) in [5, 5.41) is 38.9. The maximum absolute atomic E-state index is 15.8. The molecular formula is C119H100F2N18O7. The third-order valence-electron chi connectivity index (χ3n) is 31.3. The van der Waals surface area contributed by atoms with Crippen molar-refractivity contribution in [3.8, 4) is 102 Å². The largest absolute Gasteiger partial charge is 0.478 e. The number of ketones is 4. The molecule has 15 aromatic rings. The Morgan fingerprint density at radius 1 is 0.377 bits per heavy atom. The second-order valence-corrected chi connectivity index (χ2v) is 39.5. The van der Waals surface area contributed by atoms with E-state index in [4.69, 9.17) is 46.7 Å². The van der Waals surface area contributed by atoms with Gasteiger partial charge in [0.1, 0.15) is 35.3 Å². The molecule has 722 valence electrons. The van der Waals surface area contributed by atoms with Crippen molar-refractivity contribution in [1.82, 2.24) is 69.0 Å². The second-order valence-electron chi connectivity index (χ2n) is 39.5. The lowest BCUT2D eigenvalue weighted by molar-refractivity contribution is -0.122. The molecule has 0 unspecified atom stereocenters. The van der Waals surface area contributed by atoms with Crippen LogP contribution in [0.1, 0.15) is 148 Å². The van der Waals surface area contributed by atoms with Crippen LogP contribution in [0.3, 0.4) is 0 Å². The van der Waals surface area contributed by atoms with E-state index in [-0.39, 0.29) is 105 Å². The molecule has 8 aliphatic carbocycles.